The first-order valence-corrected chi connectivity index (χ1v) is 8.57. The lowest BCUT2D eigenvalue weighted by molar-refractivity contribution is -0.119. The minimum Gasteiger partial charge on any atom is -0.335 e. The molecule has 25 heavy (non-hydrogen) atoms. The van der Waals surface area contributed by atoms with Crippen LogP contribution in [0.4, 0.5) is 4.79 Å². The number of carbonyl (C=O) groups is 2. The predicted octanol–water partition coefficient (Wildman–Crippen LogP) is 2.66. The van der Waals surface area contributed by atoms with E-state index >= 15 is 0 Å². The molecule has 0 unspecified atom stereocenters. The maximum absolute atomic E-state index is 12.0. The molecule has 1 atom stereocenters. The van der Waals surface area contributed by atoms with Crippen molar-refractivity contribution in [1.82, 2.24) is 16.0 Å². The summed E-state index contributed by atoms with van der Waals surface area (Å²) in [6, 6.07) is 17.9. The maximum atomic E-state index is 12.0. The van der Waals surface area contributed by atoms with E-state index in [9.17, 15) is 9.59 Å². The molecule has 0 aromatic heterocycles. The lowest BCUT2D eigenvalue weighted by Crippen LogP contribution is -2.44. The number of imide groups is 1. The van der Waals surface area contributed by atoms with Gasteiger partial charge in [-0.3, -0.25) is 15.4 Å². The fourth-order valence-electron chi connectivity index (χ4n) is 2.65. The summed E-state index contributed by atoms with van der Waals surface area (Å²) >= 11 is 0. The molecule has 0 saturated heterocycles. The minimum atomic E-state index is -0.416. The van der Waals surface area contributed by atoms with Gasteiger partial charge in [-0.2, -0.15) is 0 Å². The third-order valence-electron chi connectivity index (χ3n) is 4.18. The highest BCUT2D eigenvalue weighted by Crippen LogP contribution is 2.22. The van der Waals surface area contributed by atoms with Gasteiger partial charge in [-0.1, -0.05) is 60.2 Å². The second-order valence-electron chi connectivity index (χ2n) is 6.43. The van der Waals surface area contributed by atoms with Crippen molar-refractivity contribution < 1.29 is 9.59 Å². The van der Waals surface area contributed by atoms with Crippen LogP contribution in [0.5, 0.6) is 0 Å². The van der Waals surface area contributed by atoms with E-state index in [-0.39, 0.29) is 24.5 Å². The number of aryl methyl sites for hydroxylation is 1. The number of benzene rings is 2. The summed E-state index contributed by atoms with van der Waals surface area (Å²) in [6.07, 6.45) is 1.98. The van der Waals surface area contributed by atoms with E-state index in [4.69, 9.17) is 0 Å². The van der Waals surface area contributed by atoms with Gasteiger partial charge in [0.2, 0.25) is 5.91 Å². The Bertz CT molecular complexity index is 724. The number of nitrogens with one attached hydrogen (secondary N) is 3. The molecule has 0 aliphatic heterocycles. The zero-order chi connectivity index (χ0) is 17.6. The van der Waals surface area contributed by atoms with E-state index in [2.05, 4.69) is 40.2 Å². The fourth-order valence-corrected chi connectivity index (χ4v) is 2.65. The van der Waals surface area contributed by atoms with Gasteiger partial charge < -0.3 is 5.32 Å². The number of carbonyl (C=O) groups excluding carboxylic acids is 2. The maximum Gasteiger partial charge on any atom is 0.321 e. The van der Waals surface area contributed by atoms with Crippen LogP contribution in [0.3, 0.4) is 0 Å². The number of amides is 3. The predicted molar refractivity (Wildman–Crippen MR) is 97.2 cm³/mol. The third kappa shape index (κ3) is 5.16. The highest BCUT2D eigenvalue weighted by molar-refractivity contribution is 5.95. The molecule has 3 rings (SSSR count). The van der Waals surface area contributed by atoms with Crippen LogP contribution in [0, 0.1) is 6.92 Å². The molecule has 1 saturated carbocycles. The van der Waals surface area contributed by atoms with Gasteiger partial charge >= 0.3 is 6.03 Å². The van der Waals surface area contributed by atoms with Crippen LogP contribution in [-0.2, 0) is 4.79 Å². The van der Waals surface area contributed by atoms with Crippen LogP contribution < -0.4 is 16.0 Å². The number of rotatable bonds is 6. The Morgan fingerprint density at radius 1 is 1.00 bits per heavy atom. The average molecular weight is 337 g/mol. The zero-order valence-electron chi connectivity index (χ0n) is 14.3. The lowest BCUT2D eigenvalue weighted by Gasteiger charge is -2.20. The van der Waals surface area contributed by atoms with Crippen molar-refractivity contribution in [3.05, 3.63) is 71.3 Å². The van der Waals surface area contributed by atoms with Crippen LogP contribution >= 0.6 is 0 Å². The molecular formula is C20H23N3O2. The summed E-state index contributed by atoms with van der Waals surface area (Å²) in [5, 5.41) is 8.36. The minimum absolute atomic E-state index is 0.0610. The molecule has 1 aliphatic rings. The van der Waals surface area contributed by atoms with E-state index in [0.29, 0.717) is 0 Å². The second-order valence-corrected chi connectivity index (χ2v) is 6.43. The van der Waals surface area contributed by atoms with E-state index in [1.165, 1.54) is 5.56 Å². The first kappa shape index (κ1) is 17.2. The standard InChI is InChI=1S/C20H23N3O2/c1-14-7-9-16(10-8-14)19(15-5-3-2-4-6-15)21-13-18(24)23-20(25)22-17-11-12-17/h2-10,17,19,21H,11-13H2,1H3,(H2,22,23,24,25)/t19-/m0/s1. The molecule has 0 bridgehead atoms. The van der Waals surface area contributed by atoms with E-state index in [1.807, 2.05) is 37.3 Å². The van der Waals surface area contributed by atoms with Crippen molar-refractivity contribution in [2.24, 2.45) is 0 Å². The normalized spacial score (nSPS) is 14.6. The van der Waals surface area contributed by atoms with Crippen LogP contribution in [0.2, 0.25) is 0 Å². The Kier molecular flexibility index (Phi) is 5.46. The molecule has 0 radical (unpaired) electrons. The molecule has 5 heteroatoms. The number of urea groups is 1. The smallest absolute Gasteiger partial charge is 0.321 e. The largest absolute Gasteiger partial charge is 0.335 e. The topological polar surface area (TPSA) is 70.2 Å². The Morgan fingerprint density at radius 2 is 1.64 bits per heavy atom. The van der Waals surface area contributed by atoms with Crippen molar-refractivity contribution in [2.45, 2.75) is 31.8 Å². The summed E-state index contributed by atoms with van der Waals surface area (Å²) in [5.74, 6) is -0.341. The van der Waals surface area contributed by atoms with E-state index in [1.54, 1.807) is 0 Å². The van der Waals surface area contributed by atoms with Gasteiger partial charge in [-0.05, 0) is 30.9 Å². The highest BCUT2D eigenvalue weighted by Gasteiger charge is 2.24. The molecule has 0 heterocycles. The van der Waals surface area contributed by atoms with Gasteiger partial charge in [0.1, 0.15) is 0 Å². The summed E-state index contributed by atoms with van der Waals surface area (Å²) < 4.78 is 0. The number of hydrogen-bond acceptors (Lipinski definition) is 3. The Balaban J connectivity index is 1.64. The van der Waals surface area contributed by atoms with Crippen LogP contribution in [0.25, 0.3) is 0 Å². The average Bonchev–Trinajstić information content (AvgIpc) is 3.41. The summed E-state index contributed by atoms with van der Waals surface area (Å²) in [5.41, 5.74) is 3.33. The van der Waals surface area contributed by atoms with Crippen molar-refractivity contribution in [3.63, 3.8) is 0 Å². The molecule has 1 fully saturated rings. The Hall–Kier alpha value is -2.66. The molecular weight excluding hydrogens is 314 g/mol. The van der Waals surface area contributed by atoms with Crippen LogP contribution in [-0.4, -0.2) is 24.5 Å². The lowest BCUT2D eigenvalue weighted by atomic mass is 9.98. The van der Waals surface area contributed by atoms with Crippen molar-refractivity contribution in [3.8, 4) is 0 Å². The molecule has 1 aliphatic carbocycles. The Labute approximate surface area is 147 Å². The molecule has 2 aromatic rings. The van der Waals surface area contributed by atoms with Crippen molar-refractivity contribution in [2.75, 3.05) is 6.54 Å². The first-order chi connectivity index (χ1) is 12.1. The molecule has 5 nitrogen and oxygen atoms in total. The number of hydrogen-bond donors (Lipinski definition) is 3. The Morgan fingerprint density at radius 3 is 2.28 bits per heavy atom. The molecule has 0 spiro atoms. The summed E-state index contributed by atoms with van der Waals surface area (Å²) in [7, 11) is 0. The van der Waals surface area contributed by atoms with Crippen molar-refractivity contribution in [1.29, 1.82) is 0 Å². The van der Waals surface area contributed by atoms with Gasteiger partial charge in [0, 0.05) is 6.04 Å². The molecule has 130 valence electrons. The SMILES string of the molecule is Cc1ccc([C@@H](NCC(=O)NC(=O)NC2CC2)c2ccccc2)cc1. The van der Waals surface area contributed by atoms with E-state index < -0.39 is 6.03 Å². The quantitative estimate of drug-likeness (QED) is 0.759. The van der Waals surface area contributed by atoms with Gasteiger partial charge in [0.05, 0.1) is 12.6 Å². The summed E-state index contributed by atoms with van der Waals surface area (Å²) in [4.78, 5) is 23.7. The molecule has 3 N–H and O–H groups in total. The molecule has 2 aromatic carbocycles. The van der Waals surface area contributed by atoms with Gasteiger partial charge in [0.25, 0.3) is 0 Å². The van der Waals surface area contributed by atoms with Gasteiger partial charge in [-0.15, -0.1) is 0 Å². The van der Waals surface area contributed by atoms with Gasteiger partial charge in [0.15, 0.2) is 0 Å². The second kappa shape index (κ2) is 7.94. The van der Waals surface area contributed by atoms with Gasteiger partial charge in [-0.25, -0.2) is 4.79 Å². The zero-order valence-corrected chi connectivity index (χ0v) is 14.3. The fraction of sp³-hybridized carbons (Fsp3) is 0.300. The van der Waals surface area contributed by atoms with Crippen molar-refractivity contribution >= 4 is 11.9 Å². The van der Waals surface area contributed by atoms with Crippen LogP contribution in [0.1, 0.15) is 35.6 Å². The third-order valence-corrected chi connectivity index (χ3v) is 4.18. The van der Waals surface area contributed by atoms with Crippen LogP contribution in [0.15, 0.2) is 54.6 Å². The molecule has 3 amide bonds. The monoisotopic (exact) mass is 337 g/mol. The highest BCUT2D eigenvalue weighted by atomic mass is 16.2. The summed E-state index contributed by atoms with van der Waals surface area (Å²) in [6.45, 7) is 2.10. The van der Waals surface area contributed by atoms with E-state index in [0.717, 1.165) is 24.0 Å². The first-order valence-electron chi connectivity index (χ1n) is 8.57.